The second kappa shape index (κ2) is 4.90. The molecule has 1 heterocycles. The van der Waals surface area contributed by atoms with E-state index in [0.29, 0.717) is 0 Å². The maximum absolute atomic E-state index is 5.50. The van der Waals surface area contributed by atoms with E-state index in [2.05, 4.69) is 19.1 Å². The van der Waals surface area contributed by atoms with Crippen LogP contribution in [0.3, 0.4) is 0 Å². The van der Waals surface area contributed by atoms with Crippen molar-refractivity contribution in [3.63, 3.8) is 0 Å². The molecule has 0 radical (unpaired) electrons. The largest absolute Gasteiger partial charge is 0.447 e. The summed E-state index contributed by atoms with van der Waals surface area (Å²) in [4.78, 5) is 0. The van der Waals surface area contributed by atoms with E-state index >= 15 is 0 Å². The van der Waals surface area contributed by atoms with E-state index < -0.39 is 5.97 Å². The molecule has 1 aliphatic rings. The van der Waals surface area contributed by atoms with Gasteiger partial charge in [-0.25, -0.2) is 0 Å². The van der Waals surface area contributed by atoms with Crippen molar-refractivity contribution in [3.8, 4) is 0 Å². The zero-order valence-electron chi connectivity index (χ0n) is 10.4. The molecule has 17 heavy (non-hydrogen) atoms. The SMILES string of the molecule is COC1(OC)OC=CC(c2ccccc2)C1C. The Morgan fingerprint density at radius 1 is 1.12 bits per heavy atom. The van der Waals surface area contributed by atoms with Crippen LogP contribution in [0.4, 0.5) is 0 Å². The summed E-state index contributed by atoms with van der Waals surface area (Å²) in [5.41, 5.74) is 1.23. The van der Waals surface area contributed by atoms with Crippen molar-refractivity contribution in [2.45, 2.75) is 18.8 Å². The van der Waals surface area contributed by atoms with E-state index in [9.17, 15) is 0 Å². The van der Waals surface area contributed by atoms with E-state index in [-0.39, 0.29) is 11.8 Å². The first kappa shape index (κ1) is 12.1. The molecular weight excluding hydrogens is 216 g/mol. The zero-order valence-corrected chi connectivity index (χ0v) is 10.4. The third-order valence-corrected chi connectivity index (χ3v) is 3.37. The van der Waals surface area contributed by atoms with Crippen molar-refractivity contribution in [2.24, 2.45) is 5.92 Å². The Morgan fingerprint density at radius 2 is 1.76 bits per heavy atom. The van der Waals surface area contributed by atoms with E-state index in [4.69, 9.17) is 14.2 Å². The Balaban J connectivity index is 2.31. The molecule has 2 unspecified atom stereocenters. The Labute approximate surface area is 102 Å². The number of benzene rings is 1. The molecule has 1 aliphatic heterocycles. The van der Waals surface area contributed by atoms with Gasteiger partial charge >= 0.3 is 5.97 Å². The Hall–Kier alpha value is -1.32. The van der Waals surface area contributed by atoms with Crippen LogP contribution in [0.2, 0.25) is 0 Å². The van der Waals surface area contributed by atoms with Gasteiger partial charge in [-0.2, -0.15) is 0 Å². The molecule has 3 nitrogen and oxygen atoms in total. The van der Waals surface area contributed by atoms with Gasteiger partial charge in [0.15, 0.2) is 0 Å². The molecule has 0 N–H and O–H groups in total. The van der Waals surface area contributed by atoms with Crippen LogP contribution < -0.4 is 0 Å². The van der Waals surface area contributed by atoms with Crippen LogP contribution in [0.25, 0.3) is 0 Å². The van der Waals surface area contributed by atoms with Gasteiger partial charge < -0.3 is 14.2 Å². The van der Waals surface area contributed by atoms with Crippen molar-refractivity contribution in [1.29, 1.82) is 0 Å². The smallest absolute Gasteiger partial charge is 0.329 e. The summed E-state index contributed by atoms with van der Waals surface area (Å²) < 4.78 is 16.3. The van der Waals surface area contributed by atoms with E-state index in [1.165, 1.54) is 5.56 Å². The fourth-order valence-electron chi connectivity index (χ4n) is 2.34. The molecule has 3 heteroatoms. The number of hydrogen-bond acceptors (Lipinski definition) is 3. The summed E-state index contributed by atoms with van der Waals surface area (Å²) in [5, 5.41) is 0. The van der Waals surface area contributed by atoms with Crippen LogP contribution in [0.15, 0.2) is 42.7 Å². The Kier molecular flexibility index (Phi) is 3.50. The third-order valence-electron chi connectivity index (χ3n) is 3.37. The quantitative estimate of drug-likeness (QED) is 0.753. The standard InChI is InChI=1S/C14H18O3/c1-11-13(12-7-5-4-6-8-12)9-10-17-14(11,15-2)16-3/h4-11,13H,1-3H3. The van der Waals surface area contributed by atoms with Gasteiger partial charge in [0.1, 0.15) is 0 Å². The van der Waals surface area contributed by atoms with Crippen molar-refractivity contribution >= 4 is 0 Å². The number of ether oxygens (including phenoxy) is 3. The average Bonchev–Trinajstić information content (AvgIpc) is 2.40. The van der Waals surface area contributed by atoms with Gasteiger partial charge in [-0.15, -0.1) is 0 Å². The molecule has 0 saturated heterocycles. The van der Waals surface area contributed by atoms with Crippen LogP contribution in [-0.2, 0) is 14.2 Å². The molecule has 0 fully saturated rings. The van der Waals surface area contributed by atoms with Gasteiger partial charge in [0.2, 0.25) is 0 Å². The van der Waals surface area contributed by atoms with Crippen LogP contribution in [0, 0.1) is 5.92 Å². The summed E-state index contributed by atoms with van der Waals surface area (Å²) in [6, 6.07) is 10.3. The number of hydrogen-bond donors (Lipinski definition) is 0. The van der Waals surface area contributed by atoms with Crippen molar-refractivity contribution in [3.05, 3.63) is 48.2 Å². The summed E-state index contributed by atoms with van der Waals surface area (Å²) in [6.45, 7) is 2.06. The molecule has 0 saturated carbocycles. The lowest BCUT2D eigenvalue weighted by molar-refractivity contribution is -0.371. The maximum Gasteiger partial charge on any atom is 0.329 e. The highest BCUT2D eigenvalue weighted by atomic mass is 16.9. The minimum atomic E-state index is -0.991. The number of rotatable bonds is 3. The third kappa shape index (κ3) is 2.08. The minimum Gasteiger partial charge on any atom is -0.447 e. The Morgan fingerprint density at radius 3 is 2.35 bits per heavy atom. The van der Waals surface area contributed by atoms with E-state index in [0.717, 1.165) is 0 Å². The normalized spacial score (nSPS) is 26.5. The highest BCUT2D eigenvalue weighted by Crippen LogP contribution is 2.40. The highest BCUT2D eigenvalue weighted by Gasteiger charge is 2.45. The summed E-state index contributed by atoms with van der Waals surface area (Å²) in [5.74, 6) is -0.690. The molecule has 2 rings (SSSR count). The summed E-state index contributed by atoms with van der Waals surface area (Å²) in [7, 11) is 3.20. The van der Waals surface area contributed by atoms with Crippen LogP contribution in [0.5, 0.6) is 0 Å². The topological polar surface area (TPSA) is 27.7 Å². The lowest BCUT2D eigenvalue weighted by atomic mass is 9.84. The predicted octanol–water partition coefficient (Wildman–Crippen LogP) is 2.90. The molecule has 0 aromatic heterocycles. The first-order valence-corrected chi connectivity index (χ1v) is 5.73. The molecule has 0 aliphatic carbocycles. The van der Waals surface area contributed by atoms with Crippen molar-refractivity contribution in [1.82, 2.24) is 0 Å². The van der Waals surface area contributed by atoms with Gasteiger partial charge in [-0.1, -0.05) is 37.3 Å². The molecular formula is C14H18O3. The molecule has 2 atom stereocenters. The summed E-state index contributed by atoms with van der Waals surface area (Å²) >= 11 is 0. The lowest BCUT2D eigenvalue weighted by Gasteiger charge is -2.40. The Bertz CT molecular complexity index is 382. The second-order valence-corrected chi connectivity index (χ2v) is 4.18. The first-order valence-electron chi connectivity index (χ1n) is 5.73. The molecule has 0 bridgehead atoms. The fourth-order valence-corrected chi connectivity index (χ4v) is 2.34. The van der Waals surface area contributed by atoms with Gasteiger partial charge in [-0.05, 0) is 11.6 Å². The highest BCUT2D eigenvalue weighted by molar-refractivity contribution is 5.25. The fraction of sp³-hybridized carbons (Fsp3) is 0.429. The minimum absolute atomic E-state index is 0.0740. The van der Waals surface area contributed by atoms with Gasteiger partial charge in [0, 0.05) is 20.1 Å². The maximum atomic E-state index is 5.50. The van der Waals surface area contributed by atoms with Gasteiger partial charge in [-0.3, -0.25) is 0 Å². The molecule has 1 aromatic rings. The van der Waals surface area contributed by atoms with Crippen LogP contribution >= 0.6 is 0 Å². The monoisotopic (exact) mass is 234 g/mol. The van der Waals surface area contributed by atoms with E-state index in [1.54, 1.807) is 20.5 Å². The molecule has 0 amide bonds. The first-order chi connectivity index (χ1) is 8.23. The number of allylic oxidation sites excluding steroid dienone is 1. The second-order valence-electron chi connectivity index (χ2n) is 4.18. The molecule has 1 aromatic carbocycles. The lowest BCUT2D eigenvalue weighted by Crippen LogP contribution is -2.46. The zero-order chi connectivity index (χ0) is 12.3. The van der Waals surface area contributed by atoms with Gasteiger partial charge in [0.05, 0.1) is 12.2 Å². The summed E-state index contributed by atoms with van der Waals surface area (Å²) in [6.07, 6.45) is 3.70. The van der Waals surface area contributed by atoms with E-state index in [1.807, 2.05) is 24.3 Å². The molecule has 0 spiro atoms. The van der Waals surface area contributed by atoms with Crippen molar-refractivity contribution in [2.75, 3.05) is 14.2 Å². The number of methoxy groups -OCH3 is 2. The van der Waals surface area contributed by atoms with Crippen LogP contribution in [0.1, 0.15) is 18.4 Å². The molecule has 92 valence electrons. The average molecular weight is 234 g/mol. The van der Waals surface area contributed by atoms with Crippen molar-refractivity contribution < 1.29 is 14.2 Å². The predicted molar refractivity (Wildman–Crippen MR) is 65.3 cm³/mol. The van der Waals surface area contributed by atoms with Gasteiger partial charge in [0.25, 0.3) is 0 Å². The van der Waals surface area contributed by atoms with Crippen LogP contribution in [-0.4, -0.2) is 20.2 Å².